The lowest BCUT2D eigenvalue weighted by molar-refractivity contribution is 1.17. The summed E-state index contributed by atoms with van der Waals surface area (Å²) >= 11 is 0. The molecule has 0 saturated heterocycles. The minimum atomic E-state index is 0.641. The summed E-state index contributed by atoms with van der Waals surface area (Å²) in [5, 5.41) is 16.6. The first-order valence-electron chi connectivity index (χ1n) is 48.8. The highest BCUT2D eigenvalue weighted by atomic mass is 15.0. The molecule has 0 radical (unpaired) electrons. The van der Waals surface area contributed by atoms with Crippen LogP contribution in [-0.4, -0.2) is 37.4 Å². The van der Waals surface area contributed by atoms with Crippen LogP contribution < -0.4 is 0 Å². The molecule has 0 atom stereocenters. The summed E-state index contributed by atoms with van der Waals surface area (Å²) < 4.78 is 14.6. The van der Waals surface area contributed by atoms with Crippen molar-refractivity contribution < 1.29 is 0 Å². The van der Waals surface area contributed by atoms with Crippen LogP contribution in [0.15, 0.2) is 497 Å². The van der Waals surface area contributed by atoms with Crippen LogP contribution in [0.25, 0.3) is 288 Å². The summed E-state index contributed by atoms with van der Waals surface area (Å²) in [4.78, 5) is 11.8. The average Bonchev–Trinajstić information content (AvgIpc) is 1.55. The van der Waals surface area contributed by atoms with Crippen molar-refractivity contribution in [1.29, 1.82) is 0 Å². The molecular weight excluding hydrogens is 1720 g/mol. The van der Waals surface area contributed by atoms with Gasteiger partial charge in [0.05, 0.1) is 83.3 Å². The third-order valence-corrected chi connectivity index (χ3v) is 30.1. The molecule has 0 aliphatic heterocycles. The van der Waals surface area contributed by atoms with Gasteiger partial charge in [-0.05, 0) is 285 Å². The second-order valence-corrected chi connectivity index (χ2v) is 37.8. The van der Waals surface area contributed by atoms with E-state index in [-0.39, 0.29) is 0 Å². The molecule has 30 rings (SSSR count). The molecule has 8 heteroatoms. The predicted molar refractivity (Wildman–Crippen MR) is 593 cm³/mol. The zero-order valence-electron chi connectivity index (χ0n) is 76.9. The normalized spacial score (nSPS) is 12.1. The molecule has 658 valence electrons. The van der Waals surface area contributed by atoms with Crippen molar-refractivity contribution in [3.63, 3.8) is 0 Å². The molecule has 1 aliphatic carbocycles. The molecule has 8 nitrogen and oxygen atoms in total. The van der Waals surface area contributed by atoms with Crippen molar-refractivity contribution in [1.82, 2.24) is 37.4 Å². The topological polar surface area (TPSA) is 55.4 Å². The predicted octanol–water partition coefficient (Wildman–Crippen LogP) is 35.2. The lowest BCUT2D eigenvalue weighted by atomic mass is 9.95. The van der Waals surface area contributed by atoms with Crippen LogP contribution >= 0.6 is 0 Å². The Kier molecular flexibility index (Phi) is 17.4. The summed E-state index contributed by atoms with van der Waals surface area (Å²) in [6.07, 6.45) is 0. The Labute approximate surface area is 816 Å². The second-order valence-electron chi connectivity index (χ2n) is 37.8. The van der Waals surface area contributed by atoms with Gasteiger partial charge in [-0.25, -0.2) is 9.97 Å². The molecule has 7 aromatic heterocycles. The maximum absolute atomic E-state index is 5.91. The van der Waals surface area contributed by atoms with Crippen LogP contribution in [0.1, 0.15) is 0 Å². The quantitative estimate of drug-likeness (QED) is 0.109. The summed E-state index contributed by atoms with van der Waals surface area (Å²) in [6, 6.07) is 184. The van der Waals surface area contributed by atoms with E-state index in [9.17, 15) is 0 Å². The Bertz CT molecular complexity index is 9920. The standard InChI is InChI=1S/C134H82N8/c1-6-27-83(28-7-1)85-29-24-30-86(73-85)87-31-25-32-96(74-87)132-131-107-63-72-121(142-128-70-59-94(90-55-66-124-111(77-90)104-43-18-22-49-119(104)139(124)99-37-12-4-13-38-99)81-115(128)116-82-95(60-71-129(116)142)91-56-67-125-112(78-91)105-44-19-23-50-120(105)140(125)100-39-14-5-15-40-100)106-45-26-46-108(130(106)107)133(131)136-134(135-132)84-51-61-101(62-52-84)141-126-68-57-92(88-53-64-122-109(75-88)102-41-16-20-47-117(102)137(122)97-33-8-2-9-34-97)79-113(126)114-80-93(58-69-127(114)141)89-54-65-123-110(76-89)103-42-17-21-48-118(103)138(123)98-35-10-3-11-36-98/h1-82H. The van der Waals surface area contributed by atoms with Gasteiger partial charge in [-0.3, -0.25) is 0 Å². The smallest absolute Gasteiger partial charge is 0.160 e. The second kappa shape index (κ2) is 31.3. The fourth-order valence-electron chi connectivity index (χ4n) is 23.7. The van der Waals surface area contributed by atoms with Crippen LogP contribution in [0, 0.1) is 0 Å². The zero-order chi connectivity index (χ0) is 92.9. The molecule has 0 amide bonds. The molecule has 0 N–H and O–H groups in total. The molecule has 29 aromatic rings. The Balaban J connectivity index is 0.583. The Hall–Kier alpha value is -19.0. The molecule has 0 bridgehead atoms. The molecule has 1 aliphatic rings. The highest BCUT2D eigenvalue weighted by Crippen LogP contribution is 2.54. The molecule has 22 aromatic carbocycles. The van der Waals surface area contributed by atoms with Gasteiger partial charge < -0.3 is 27.4 Å². The molecule has 0 spiro atoms. The van der Waals surface area contributed by atoms with E-state index in [4.69, 9.17) is 9.97 Å². The van der Waals surface area contributed by atoms with E-state index in [0.717, 1.165) is 189 Å². The Morgan fingerprint density at radius 2 is 0.380 bits per heavy atom. The fourth-order valence-corrected chi connectivity index (χ4v) is 23.7. The number of aromatic nitrogens is 8. The van der Waals surface area contributed by atoms with Gasteiger partial charge in [0.1, 0.15) is 0 Å². The SMILES string of the molecule is c1ccc(-c2cccc(-c3cccc(-c4nc(-c5ccc(-n6c7ccc(-c8ccc9c(c8)c8ccccc8n9-c8ccccc8)cc7c7cc(-c8ccc9c(c8)c8ccccc8n9-c8ccccc8)ccc76)cc5)nc5c4-c4ccc(-n6c7ccc(-c8ccc9c(c8)c8ccccc8n9-c8ccccc8)cc7c7cc(-c8ccc9c(c8)c8ccccc8n9-c8ccccc8)ccc76)c6cccc-5c46)c3)c2)cc1. The van der Waals surface area contributed by atoms with Gasteiger partial charge in [0.15, 0.2) is 5.82 Å². The molecule has 0 saturated carbocycles. The van der Waals surface area contributed by atoms with E-state index in [1.807, 2.05) is 0 Å². The van der Waals surface area contributed by atoms with E-state index < -0.39 is 0 Å². The van der Waals surface area contributed by atoms with Gasteiger partial charge in [-0.15, -0.1) is 0 Å². The number of fused-ring (bicyclic) bond motifs is 21. The van der Waals surface area contributed by atoms with Crippen LogP contribution in [0.2, 0.25) is 0 Å². The van der Waals surface area contributed by atoms with Crippen molar-refractivity contribution in [2.24, 2.45) is 0 Å². The van der Waals surface area contributed by atoms with Gasteiger partial charge in [-0.1, -0.05) is 285 Å². The van der Waals surface area contributed by atoms with Gasteiger partial charge in [-0.2, -0.15) is 0 Å². The number of benzene rings is 22. The maximum atomic E-state index is 5.91. The molecule has 142 heavy (non-hydrogen) atoms. The molecule has 0 unspecified atom stereocenters. The lowest BCUT2D eigenvalue weighted by Gasteiger charge is -2.15. The van der Waals surface area contributed by atoms with E-state index in [0.29, 0.717) is 5.82 Å². The molecule has 7 heterocycles. The van der Waals surface area contributed by atoms with Crippen molar-refractivity contribution in [3.8, 4) is 146 Å². The summed E-state index contributed by atoms with van der Waals surface area (Å²) in [6.45, 7) is 0. The number of hydrogen-bond acceptors (Lipinski definition) is 2. The van der Waals surface area contributed by atoms with Crippen molar-refractivity contribution in [3.05, 3.63) is 497 Å². The monoisotopic (exact) mass is 1800 g/mol. The van der Waals surface area contributed by atoms with Gasteiger partial charge in [0.2, 0.25) is 0 Å². The van der Waals surface area contributed by atoms with E-state index in [1.165, 1.54) is 92.8 Å². The summed E-state index contributed by atoms with van der Waals surface area (Å²) in [5.41, 5.74) is 41.1. The van der Waals surface area contributed by atoms with Crippen LogP contribution in [0.3, 0.4) is 0 Å². The van der Waals surface area contributed by atoms with E-state index in [2.05, 4.69) is 525 Å². The van der Waals surface area contributed by atoms with Gasteiger partial charge in [0.25, 0.3) is 0 Å². The Morgan fingerprint density at radius 3 is 0.739 bits per heavy atom. The lowest BCUT2D eigenvalue weighted by Crippen LogP contribution is -1.99. The van der Waals surface area contributed by atoms with E-state index >= 15 is 0 Å². The van der Waals surface area contributed by atoms with Crippen molar-refractivity contribution >= 4 is 142 Å². The highest BCUT2D eigenvalue weighted by molar-refractivity contribution is 6.23. The molecule has 0 fully saturated rings. The number of rotatable bonds is 14. The average molecular weight is 1800 g/mol. The van der Waals surface area contributed by atoms with E-state index in [1.54, 1.807) is 0 Å². The number of nitrogens with zero attached hydrogens (tertiary/aromatic N) is 8. The number of para-hydroxylation sites is 8. The third-order valence-electron chi connectivity index (χ3n) is 30.1. The van der Waals surface area contributed by atoms with Gasteiger partial charge in [0, 0.05) is 126 Å². The zero-order valence-corrected chi connectivity index (χ0v) is 76.9. The van der Waals surface area contributed by atoms with Crippen molar-refractivity contribution in [2.45, 2.75) is 0 Å². The Morgan fingerprint density at radius 1 is 0.134 bits per heavy atom. The van der Waals surface area contributed by atoms with Crippen LogP contribution in [0.4, 0.5) is 0 Å². The minimum absolute atomic E-state index is 0.641. The largest absolute Gasteiger partial charge is 0.309 e. The van der Waals surface area contributed by atoms with Crippen LogP contribution in [-0.2, 0) is 0 Å². The first kappa shape index (κ1) is 79.2. The first-order valence-corrected chi connectivity index (χ1v) is 48.8. The van der Waals surface area contributed by atoms with Crippen molar-refractivity contribution in [2.75, 3.05) is 0 Å². The number of hydrogen-bond donors (Lipinski definition) is 0. The third kappa shape index (κ3) is 12.2. The summed E-state index contributed by atoms with van der Waals surface area (Å²) in [7, 11) is 0. The van der Waals surface area contributed by atoms with Gasteiger partial charge >= 0.3 is 0 Å². The molecular formula is C134H82N8. The first-order chi connectivity index (χ1) is 70.4. The van der Waals surface area contributed by atoms with Crippen LogP contribution in [0.5, 0.6) is 0 Å². The summed E-state index contributed by atoms with van der Waals surface area (Å²) in [5.74, 6) is 0.641. The highest BCUT2D eigenvalue weighted by Gasteiger charge is 2.32. The minimum Gasteiger partial charge on any atom is -0.309 e. The fraction of sp³-hybridized carbons (Fsp3) is 0. The maximum Gasteiger partial charge on any atom is 0.160 e.